The molecular formula is C16H28N2O2. The molecule has 114 valence electrons. The highest BCUT2D eigenvalue weighted by Crippen LogP contribution is 2.25. The van der Waals surface area contributed by atoms with Crippen LogP contribution in [-0.4, -0.2) is 42.3 Å². The highest BCUT2D eigenvalue weighted by molar-refractivity contribution is 5.73. The lowest BCUT2D eigenvalue weighted by atomic mass is 9.86. The molecule has 0 aromatic heterocycles. The van der Waals surface area contributed by atoms with E-state index in [1.807, 2.05) is 7.05 Å². The number of aliphatic hydroxyl groups excluding tert-OH is 1. The molecule has 2 rings (SSSR count). The minimum absolute atomic E-state index is 0.00248. The summed E-state index contributed by atoms with van der Waals surface area (Å²) in [6.45, 7) is 1.43. The van der Waals surface area contributed by atoms with Gasteiger partial charge in [0.15, 0.2) is 0 Å². The Morgan fingerprint density at radius 3 is 2.80 bits per heavy atom. The molecule has 3 unspecified atom stereocenters. The summed E-state index contributed by atoms with van der Waals surface area (Å²) in [5.41, 5.74) is 0. The number of allylic oxidation sites excluding steroid dienone is 2. The molecule has 0 aliphatic heterocycles. The molecule has 2 aliphatic carbocycles. The topological polar surface area (TPSA) is 52.6 Å². The fourth-order valence-corrected chi connectivity index (χ4v) is 3.24. The van der Waals surface area contributed by atoms with E-state index in [9.17, 15) is 9.90 Å². The van der Waals surface area contributed by atoms with Crippen LogP contribution in [0.3, 0.4) is 0 Å². The van der Waals surface area contributed by atoms with E-state index in [4.69, 9.17) is 0 Å². The van der Waals surface area contributed by atoms with Crippen LogP contribution in [0.25, 0.3) is 0 Å². The van der Waals surface area contributed by atoms with Gasteiger partial charge in [0.1, 0.15) is 0 Å². The predicted octanol–water partition coefficient (Wildman–Crippen LogP) is 2.54. The second kappa shape index (κ2) is 7.67. The van der Waals surface area contributed by atoms with Crippen molar-refractivity contribution < 1.29 is 9.90 Å². The Kier molecular flexibility index (Phi) is 5.89. The van der Waals surface area contributed by atoms with Gasteiger partial charge in [0.25, 0.3) is 0 Å². The fourth-order valence-electron chi connectivity index (χ4n) is 3.24. The molecule has 2 aliphatic rings. The average Bonchev–Trinajstić information content (AvgIpc) is 2.48. The Hall–Kier alpha value is -1.03. The van der Waals surface area contributed by atoms with Crippen molar-refractivity contribution in [3.8, 4) is 0 Å². The van der Waals surface area contributed by atoms with Crippen molar-refractivity contribution in [3.05, 3.63) is 12.2 Å². The molecule has 0 heterocycles. The molecule has 2 amide bonds. The first-order valence-electron chi connectivity index (χ1n) is 7.99. The van der Waals surface area contributed by atoms with Gasteiger partial charge in [0, 0.05) is 26.1 Å². The molecule has 4 nitrogen and oxygen atoms in total. The molecule has 0 aromatic carbocycles. The number of nitrogens with zero attached hydrogens (tertiary/aromatic N) is 1. The van der Waals surface area contributed by atoms with Crippen LogP contribution < -0.4 is 5.32 Å². The second-order valence-electron chi connectivity index (χ2n) is 6.33. The molecule has 20 heavy (non-hydrogen) atoms. The van der Waals surface area contributed by atoms with E-state index < -0.39 is 0 Å². The number of nitrogens with one attached hydrogen (secondary N) is 1. The average molecular weight is 280 g/mol. The van der Waals surface area contributed by atoms with E-state index >= 15 is 0 Å². The van der Waals surface area contributed by atoms with Crippen LogP contribution in [0.4, 0.5) is 4.79 Å². The highest BCUT2D eigenvalue weighted by Gasteiger charge is 2.25. The van der Waals surface area contributed by atoms with Gasteiger partial charge < -0.3 is 15.3 Å². The Balaban J connectivity index is 1.69. The first-order valence-corrected chi connectivity index (χ1v) is 7.99. The first kappa shape index (κ1) is 15.4. The molecule has 0 radical (unpaired) electrons. The second-order valence-corrected chi connectivity index (χ2v) is 6.33. The standard InChI is InChI=1S/C16H28N2O2/c1-18(12-14-9-5-6-10-15(14)19)16(20)17-11-13-7-3-2-4-8-13/h2-3,13-15,19H,4-12H2,1H3,(H,17,20). The maximum Gasteiger partial charge on any atom is 0.317 e. The lowest BCUT2D eigenvalue weighted by Crippen LogP contribution is -2.44. The predicted molar refractivity (Wildman–Crippen MR) is 80.5 cm³/mol. The van der Waals surface area contributed by atoms with E-state index in [1.165, 1.54) is 12.8 Å². The van der Waals surface area contributed by atoms with E-state index in [-0.39, 0.29) is 18.1 Å². The quantitative estimate of drug-likeness (QED) is 0.778. The number of aliphatic hydroxyl groups is 1. The van der Waals surface area contributed by atoms with E-state index in [0.717, 1.165) is 38.6 Å². The van der Waals surface area contributed by atoms with Crippen LogP contribution >= 0.6 is 0 Å². The SMILES string of the molecule is CN(CC1CCCCC1O)C(=O)NCC1CC=CCC1. The minimum atomic E-state index is -0.234. The third kappa shape index (κ3) is 4.51. The number of amides is 2. The molecule has 0 aromatic rings. The van der Waals surface area contributed by atoms with Crippen molar-refractivity contribution >= 4 is 6.03 Å². The smallest absolute Gasteiger partial charge is 0.317 e. The van der Waals surface area contributed by atoms with Crippen LogP contribution in [0, 0.1) is 11.8 Å². The third-order valence-electron chi connectivity index (χ3n) is 4.64. The van der Waals surface area contributed by atoms with Gasteiger partial charge >= 0.3 is 6.03 Å². The van der Waals surface area contributed by atoms with Gasteiger partial charge in [-0.2, -0.15) is 0 Å². The van der Waals surface area contributed by atoms with E-state index in [2.05, 4.69) is 17.5 Å². The molecular weight excluding hydrogens is 252 g/mol. The monoisotopic (exact) mass is 280 g/mol. The molecule has 0 saturated heterocycles. The zero-order valence-corrected chi connectivity index (χ0v) is 12.6. The Morgan fingerprint density at radius 1 is 1.30 bits per heavy atom. The zero-order valence-electron chi connectivity index (χ0n) is 12.6. The number of carbonyl (C=O) groups excluding carboxylic acids is 1. The van der Waals surface area contributed by atoms with Crippen LogP contribution in [0.5, 0.6) is 0 Å². The summed E-state index contributed by atoms with van der Waals surface area (Å²) in [4.78, 5) is 13.8. The van der Waals surface area contributed by atoms with Gasteiger partial charge in [-0.15, -0.1) is 0 Å². The number of carbonyl (C=O) groups is 1. The lowest BCUT2D eigenvalue weighted by molar-refractivity contribution is 0.0564. The van der Waals surface area contributed by atoms with Crippen molar-refractivity contribution in [1.29, 1.82) is 0 Å². The number of hydrogen-bond donors (Lipinski definition) is 2. The molecule has 4 heteroatoms. The summed E-state index contributed by atoms with van der Waals surface area (Å²) in [6, 6.07) is -0.00248. The van der Waals surface area contributed by atoms with Gasteiger partial charge in [-0.1, -0.05) is 25.0 Å². The fraction of sp³-hybridized carbons (Fsp3) is 0.812. The van der Waals surface area contributed by atoms with Crippen molar-refractivity contribution in [1.82, 2.24) is 10.2 Å². The summed E-state index contributed by atoms with van der Waals surface area (Å²) in [7, 11) is 1.83. The Morgan fingerprint density at radius 2 is 2.10 bits per heavy atom. The van der Waals surface area contributed by atoms with Gasteiger partial charge in [-0.25, -0.2) is 4.79 Å². The van der Waals surface area contributed by atoms with Crippen LogP contribution in [0.15, 0.2) is 12.2 Å². The van der Waals surface area contributed by atoms with Crippen LogP contribution in [-0.2, 0) is 0 Å². The number of hydrogen-bond acceptors (Lipinski definition) is 2. The van der Waals surface area contributed by atoms with Gasteiger partial charge in [-0.3, -0.25) is 0 Å². The van der Waals surface area contributed by atoms with Crippen molar-refractivity contribution in [3.63, 3.8) is 0 Å². The molecule has 0 bridgehead atoms. The summed E-state index contributed by atoms with van der Waals surface area (Å²) in [5.74, 6) is 0.828. The maximum atomic E-state index is 12.1. The third-order valence-corrected chi connectivity index (χ3v) is 4.64. The molecule has 2 N–H and O–H groups in total. The van der Waals surface area contributed by atoms with Crippen molar-refractivity contribution in [2.45, 2.75) is 51.0 Å². The first-order chi connectivity index (χ1) is 9.66. The summed E-state index contributed by atoms with van der Waals surface area (Å²) in [6.07, 6.45) is 11.8. The minimum Gasteiger partial charge on any atom is -0.393 e. The van der Waals surface area contributed by atoms with Crippen LogP contribution in [0.2, 0.25) is 0 Å². The van der Waals surface area contributed by atoms with Crippen molar-refractivity contribution in [2.24, 2.45) is 11.8 Å². The largest absolute Gasteiger partial charge is 0.393 e. The Labute approximate surface area is 122 Å². The van der Waals surface area contributed by atoms with Crippen molar-refractivity contribution in [2.75, 3.05) is 20.1 Å². The normalized spacial score (nSPS) is 30.0. The van der Waals surface area contributed by atoms with Gasteiger partial charge in [0.2, 0.25) is 0 Å². The highest BCUT2D eigenvalue weighted by atomic mass is 16.3. The van der Waals surface area contributed by atoms with Gasteiger partial charge in [-0.05, 0) is 38.0 Å². The molecule has 3 atom stereocenters. The zero-order chi connectivity index (χ0) is 14.4. The molecule has 1 fully saturated rings. The van der Waals surface area contributed by atoms with E-state index in [1.54, 1.807) is 4.90 Å². The van der Waals surface area contributed by atoms with Gasteiger partial charge in [0.05, 0.1) is 6.10 Å². The summed E-state index contributed by atoms with van der Waals surface area (Å²) in [5, 5.41) is 13.0. The number of urea groups is 1. The molecule has 1 saturated carbocycles. The van der Waals surface area contributed by atoms with Crippen LogP contribution in [0.1, 0.15) is 44.9 Å². The maximum absolute atomic E-state index is 12.1. The lowest BCUT2D eigenvalue weighted by Gasteiger charge is -2.31. The number of rotatable bonds is 4. The summed E-state index contributed by atoms with van der Waals surface area (Å²) < 4.78 is 0. The summed E-state index contributed by atoms with van der Waals surface area (Å²) >= 11 is 0. The van der Waals surface area contributed by atoms with E-state index in [0.29, 0.717) is 12.5 Å². The Bertz CT molecular complexity index is 343. The molecule has 0 spiro atoms.